The highest BCUT2D eigenvalue weighted by molar-refractivity contribution is 7.80. The molecule has 11 nitrogen and oxygen atoms in total. The molecule has 0 bridgehead atoms. The molecule has 0 aliphatic carbocycles. The number of thiol groups is 1. The van der Waals surface area contributed by atoms with E-state index in [0.29, 0.717) is 25.8 Å². The van der Waals surface area contributed by atoms with Crippen LogP contribution < -0.4 is 27.4 Å². The number of nitrogens with one attached hydrogen (secondary N) is 3. The number of aromatic hydroxyl groups is 1. The topological polar surface area (TPSA) is 197 Å². The molecule has 202 valence electrons. The number of hydrogen-bond acceptors (Lipinski definition) is 8. The van der Waals surface area contributed by atoms with Crippen molar-refractivity contribution in [3.05, 3.63) is 29.8 Å². The molecule has 1 aromatic carbocycles. The highest BCUT2D eigenvalue weighted by Crippen LogP contribution is 2.12. The van der Waals surface area contributed by atoms with Crippen LogP contribution in [-0.2, 0) is 25.6 Å². The van der Waals surface area contributed by atoms with Crippen molar-refractivity contribution in [1.82, 2.24) is 16.0 Å². The van der Waals surface area contributed by atoms with Gasteiger partial charge in [-0.1, -0.05) is 26.0 Å². The maximum atomic E-state index is 13.0. The third-order valence-corrected chi connectivity index (χ3v) is 5.81. The fourth-order valence-electron chi connectivity index (χ4n) is 3.45. The average molecular weight is 526 g/mol. The van der Waals surface area contributed by atoms with Crippen LogP contribution in [0.4, 0.5) is 0 Å². The summed E-state index contributed by atoms with van der Waals surface area (Å²) in [5.74, 6) is -2.95. The number of aliphatic carboxylic acids is 1. The van der Waals surface area contributed by atoms with Crippen LogP contribution >= 0.6 is 12.6 Å². The molecular formula is C24H39N5O6S. The third kappa shape index (κ3) is 11.3. The van der Waals surface area contributed by atoms with Crippen LogP contribution in [0.25, 0.3) is 0 Å². The molecule has 3 amide bonds. The maximum absolute atomic E-state index is 13.0. The Morgan fingerprint density at radius 3 is 2.00 bits per heavy atom. The predicted molar refractivity (Wildman–Crippen MR) is 139 cm³/mol. The second kappa shape index (κ2) is 16.0. The highest BCUT2D eigenvalue weighted by Gasteiger charge is 2.30. The highest BCUT2D eigenvalue weighted by atomic mass is 32.1. The predicted octanol–water partition coefficient (Wildman–Crippen LogP) is -0.0941. The van der Waals surface area contributed by atoms with Crippen molar-refractivity contribution >= 4 is 36.3 Å². The minimum atomic E-state index is -1.18. The minimum absolute atomic E-state index is 0.0385. The summed E-state index contributed by atoms with van der Waals surface area (Å²) in [6, 6.07) is 2.16. The molecule has 0 spiro atoms. The second-order valence-electron chi connectivity index (χ2n) is 9.10. The van der Waals surface area contributed by atoms with Gasteiger partial charge in [0.25, 0.3) is 0 Å². The zero-order valence-corrected chi connectivity index (χ0v) is 21.7. The number of phenols is 1. The summed E-state index contributed by atoms with van der Waals surface area (Å²) in [7, 11) is 0. The van der Waals surface area contributed by atoms with Gasteiger partial charge in [-0.05, 0) is 62.3 Å². The summed E-state index contributed by atoms with van der Waals surface area (Å²) < 4.78 is 0. The van der Waals surface area contributed by atoms with E-state index in [1.54, 1.807) is 12.1 Å². The molecular weight excluding hydrogens is 486 g/mol. The number of rotatable bonds is 16. The van der Waals surface area contributed by atoms with Crippen LogP contribution in [0.15, 0.2) is 24.3 Å². The fraction of sp³-hybridized carbons (Fsp3) is 0.583. The van der Waals surface area contributed by atoms with Crippen LogP contribution in [0.1, 0.15) is 45.1 Å². The molecule has 0 aromatic heterocycles. The van der Waals surface area contributed by atoms with Gasteiger partial charge in [0, 0.05) is 5.75 Å². The Morgan fingerprint density at radius 2 is 1.47 bits per heavy atom. The molecule has 0 heterocycles. The lowest BCUT2D eigenvalue weighted by atomic mass is 10.0. The Hall–Kier alpha value is -2.83. The Balaban J connectivity index is 2.82. The number of hydrogen-bond donors (Lipinski definition) is 8. The van der Waals surface area contributed by atoms with Gasteiger partial charge in [0.1, 0.15) is 23.9 Å². The molecule has 36 heavy (non-hydrogen) atoms. The third-order valence-electron chi connectivity index (χ3n) is 5.45. The zero-order chi connectivity index (χ0) is 27.3. The van der Waals surface area contributed by atoms with E-state index in [1.807, 2.05) is 13.8 Å². The Bertz CT molecular complexity index is 867. The lowest BCUT2D eigenvalue weighted by molar-refractivity contribution is -0.142. The number of carbonyl (C=O) groups excluding carboxylic acids is 3. The Kier molecular flexibility index (Phi) is 13.9. The van der Waals surface area contributed by atoms with E-state index in [-0.39, 0.29) is 30.3 Å². The summed E-state index contributed by atoms with van der Waals surface area (Å²) in [5, 5.41) is 26.4. The molecule has 0 aliphatic heterocycles. The number of carbonyl (C=O) groups is 4. The Labute approximate surface area is 217 Å². The molecule has 0 aliphatic rings. The van der Waals surface area contributed by atoms with Crippen molar-refractivity contribution in [2.75, 3.05) is 12.3 Å². The fourth-order valence-corrected chi connectivity index (χ4v) is 3.71. The van der Waals surface area contributed by atoms with Gasteiger partial charge < -0.3 is 37.6 Å². The van der Waals surface area contributed by atoms with Gasteiger partial charge in [-0.15, -0.1) is 0 Å². The number of carboxylic acid groups (broad SMARTS) is 1. The molecule has 1 aromatic rings. The van der Waals surface area contributed by atoms with Crippen molar-refractivity contribution < 1.29 is 29.4 Å². The quantitative estimate of drug-likeness (QED) is 0.108. The number of amides is 3. The number of nitrogens with two attached hydrogens (primary N) is 2. The first kappa shape index (κ1) is 31.2. The van der Waals surface area contributed by atoms with Crippen molar-refractivity contribution in [3.63, 3.8) is 0 Å². The first-order chi connectivity index (χ1) is 17.0. The normalized spacial score (nSPS) is 14.4. The molecule has 0 saturated carbocycles. The molecule has 0 fully saturated rings. The van der Waals surface area contributed by atoms with Gasteiger partial charge in [0.05, 0.1) is 6.04 Å². The largest absolute Gasteiger partial charge is 0.508 e. The van der Waals surface area contributed by atoms with Gasteiger partial charge in [-0.25, -0.2) is 4.79 Å². The summed E-state index contributed by atoms with van der Waals surface area (Å²) in [6.07, 6.45) is 1.85. The van der Waals surface area contributed by atoms with Crippen molar-refractivity contribution in [2.45, 2.75) is 70.1 Å². The SMILES string of the molecule is CC(C)CC(NC(=O)C(N)Cc1ccc(O)cc1)C(=O)NC(CS)C(=O)NC(CCCCN)C(=O)O. The lowest BCUT2D eigenvalue weighted by Gasteiger charge is -2.25. The molecule has 4 atom stereocenters. The molecule has 12 heteroatoms. The zero-order valence-electron chi connectivity index (χ0n) is 20.8. The van der Waals surface area contributed by atoms with E-state index in [0.717, 1.165) is 5.56 Å². The first-order valence-electron chi connectivity index (χ1n) is 12.0. The van der Waals surface area contributed by atoms with Gasteiger partial charge in [0.2, 0.25) is 17.7 Å². The summed E-state index contributed by atoms with van der Waals surface area (Å²) >= 11 is 4.13. The molecule has 0 radical (unpaired) electrons. The van der Waals surface area contributed by atoms with Crippen LogP contribution in [-0.4, -0.2) is 70.4 Å². The molecule has 9 N–H and O–H groups in total. The van der Waals surface area contributed by atoms with Gasteiger partial charge in [-0.3, -0.25) is 14.4 Å². The van der Waals surface area contributed by atoms with Crippen LogP contribution in [0.2, 0.25) is 0 Å². The summed E-state index contributed by atoms with van der Waals surface area (Å²) in [6.45, 7) is 4.17. The van der Waals surface area contributed by atoms with E-state index in [1.165, 1.54) is 12.1 Å². The van der Waals surface area contributed by atoms with Gasteiger partial charge >= 0.3 is 5.97 Å². The van der Waals surface area contributed by atoms with Crippen molar-refractivity contribution in [2.24, 2.45) is 17.4 Å². The number of carboxylic acids is 1. The van der Waals surface area contributed by atoms with E-state index in [4.69, 9.17) is 11.5 Å². The van der Waals surface area contributed by atoms with Crippen molar-refractivity contribution in [1.29, 1.82) is 0 Å². The standard InChI is InChI=1S/C24H39N5O6S/c1-14(2)11-19(28-21(31)17(26)12-15-6-8-16(30)9-7-15)22(32)29-20(13-36)23(33)27-18(24(34)35)5-3-4-10-25/h6-9,14,17-20,30,36H,3-5,10-13,25-26H2,1-2H3,(H,27,33)(H,28,31)(H,29,32)(H,34,35). The molecule has 1 rings (SSSR count). The van der Waals surface area contributed by atoms with E-state index in [2.05, 4.69) is 28.6 Å². The van der Waals surface area contributed by atoms with Crippen LogP contribution in [0.3, 0.4) is 0 Å². The summed E-state index contributed by atoms with van der Waals surface area (Å²) in [5.41, 5.74) is 12.2. The average Bonchev–Trinajstić information content (AvgIpc) is 2.82. The number of benzene rings is 1. The maximum Gasteiger partial charge on any atom is 0.326 e. The first-order valence-corrected chi connectivity index (χ1v) is 12.6. The number of unbranched alkanes of at least 4 members (excludes halogenated alkanes) is 1. The van der Waals surface area contributed by atoms with Crippen LogP contribution in [0.5, 0.6) is 5.75 Å². The Morgan fingerprint density at radius 1 is 0.917 bits per heavy atom. The molecule has 4 unspecified atom stereocenters. The summed E-state index contributed by atoms with van der Waals surface area (Å²) in [4.78, 5) is 49.9. The number of phenolic OH excluding ortho intramolecular Hbond substituents is 1. The minimum Gasteiger partial charge on any atom is -0.508 e. The van der Waals surface area contributed by atoms with Gasteiger partial charge in [0.15, 0.2) is 0 Å². The second-order valence-corrected chi connectivity index (χ2v) is 9.46. The van der Waals surface area contributed by atoms with E-state index >= 15 is 0 Å². The molecule has 0 saturated heterocycles. The van der Waals surface area contributed by atoms with Gasteiger partial charge in [-0.2, -0.15) is 12.6 Å². The smallest absolute Gasteiger partial charge is 0.326 e. The lowest BCUT2D eigenvalue weighted by Crippen LogP contribution is -2.58. The van der Waals surface area contributed by atoms with E-state index < -0.39 is 47.9 Å². The monoisotopic (exact) mass is 525 g/mol. The van der Waals surface area contributed by atoms with Crippen LogP contribution in [0, 0.1) is 5.92 Å². The van der Waals surface area contributed by atoms with Crippen molar-refractivity contribution in [3.8, 4) is 5.75 Å². The van der Waals surface area contributed by atoms with E-state index in [9.17, 15) is 29.4 Å².